The van der Waals surface area contributed by atoms with Crippen LogP contribution < -0.4 is 10.1 Å². The summed E-state index contributed by atoms with van der Waals surface area (Å²) in [6.07, 6.45) is 0. The SMILES string of the molecule is COc1ccc(NCc2cc(F)ccc2C#N)c(C)c1. The third-order valence-corrected chi connectivity index (χ3v) is 3.09. The highest BCUT2D eigenvalue weighted by atomic mass is 19.1. The van der Waals surface area contributed by atoms with Gasteiger partial charge in [-0.25, -0.2) is 4.39 Å². The number of hydrogen-bond donors (Lipinski definition) is 1. The number of nitrogens with zero attached hydrogens (tertiary/aromatic N) is 1. The van der Waals surface area contributed by atoms with Crippen molar-refractivity contribution in [3.63, 3.8) is 0 Å². The minimum Gasteiger partial charge on any atom is -0.497 e. The summed E-state index contributed by atoms with van der Waals surface area (Å²) < 4.78 is 18.4. The maximum atomic E-state index is 13.2. The van der Waals surface area contributed by atoms with Gasteiger partial charge in [-0.3, -0.25) is 0 Å². The molecule has 0 aliphatic rings. The van der Waals surface area contributed by atoms with E-state index in [1.807, 2.05) is 25.1 Å². The van der Waals surface area contributed by atoms with E-state index in [2.05, 4.69) is 11.4 Å². The Morgan fingerprint density at radius 3 is 2.70 bits per heavy atom. The van der Waals surface area contributed by atoms with Crippen molar-refractivity contribution in [2.24, 2.45) is 0 Å². The van der Waals surface area contributed by atoms with Gasteiger partial charge in [0.2, 0.25) is 0 Å². The van der Waals surface area contributed by atoms with Crippen molar-refractivity contribution in [3.8, 4) is 11.8 Å². The molecule has 4 heteroatoms. The van der Waals surface area contributed by atoms with Gasteiger partial charge in [0.25, 0.3) is 0 Å². The molecule has 0 saturated heterocycles. The van der Waals surface area contributed by atoms with Crippen LogP contribution >= 0.6 is 0 Å². The first-order valence-electron chi connectivity index (χ1n) is 6.21. The molecule has 0 saturated carbocycles. The zero-order valence-electron chi connectivity index (χ0n) is 11.4. The van der Waals surface area contributed by atoms with Crippen molar-refractivity contribution in [1.29, 1.82) is 5.26 Å². The van der Waals surface area contributed by atoms with Gasteiger partial charge in [-0.1, -0.05) is 0 Å². The molecule has 2 rings (SSSR count). The van der Waals surface area contributed by atoms with Gasteiger partial charge in [0, 0.05) is 12.2 Å². The van der Waals surface area contributed by atoms with Crippen LogP contribution in [-0.4, -0.2) is 7.11 Å². The van der Waals surface area contributed by atoms with Crippen molar-refractivity contribution in [3.05, 3.63) is 58.9 Å². The largest absolute Gasteiger partial charge is 0.497 e. The van der Waals surface area contributed by atoms with Crippen LogP contribution in [0.5, 0.6) is 5.75 Å². The maximum absolute atomic E-state index is 13.2. The predicted octanol–water partition coefficient (Wildman–Crippen LogP) is 3.63. The van der Waals surface area contributed by atoms with Crippen LogP contribution in [0.25, 0.3) is 0 Å². The Labute approximate surface area is 117 Å². The van der Waals surface area contributed by atoms with Gasteiger partial charge in [0.15, 0.2) is 0 Å². The molecule has 0 radical (unpaired) electrons. The van der Waals surface area contributed by atoms with Crippen molar-refractivity contribution >= 4 is 5.69 Å². The van der Waals surface area contributed by atoms with Gasteiger partial charge < -0.3 is 10.1 Å². The summed E-state index contributed by atoms with van der Waals surface area (Å²) in [5.41, 5.74) is 3.07. The lowest BCUT2D eigenvalue weighted by Gasteiger charge is -2.12. The van der Waals surface area contributed by atoms with E-state index in [0.717, 1.165) is 17.0 Å². The summed E-state index contributed by atoms with van der Waals surface area (Å²) >= 11 is 0. The molecule has 3 nitrogen and oxygen atoms in total. The number of anilines is 1. The van der Waals surface area contributed by atoms with E-state index in [9.17, 15) is 4.39 Å². The minimum absolute atomic E-state index is 0.341. The first-order valence-corrected chi connectivity index (χ1v) is 6.21. The Kier molecular flexibility index (Phi) is 4.21. The lowest BCUT2D eigenvalue weighted by atomic mass is 10.1. The summed E-state index contributed by atoms with van der Waals surface area (Å²) in [5, 5.41) is 12.2. The number of nitrogens with one attached hydrogen (secondary N) is 1. The van der Waals surface area contributed by atoms with E-state index in [-0.39, 0.29) is 5.82 Å². The van der Waals surface area contributed by atoms with E-state index in [1.54, 1.807) is 7.11 Å². The molecule has 0 spiro atoms. The zero-order valence-corrected chi connectivity index (χ0v) is 11.4. The molecule has 0 bridgehead atoms. The lowest BCUT2D eigenvalue weighted by Crippen LogP contribution is -2.03. The molecule has 2 aromatic rings. The summed E-state index contributed by atoms with van der Waals surface area (Å²) in [5.74, 6) is 0.448. The molecule has 0 aliphatic heterocycles. The number of benzene rings is 2. The zero-order chi connectivity index (χ0) is 14.5. The number of halogens is 1. The highest BCUT2D eigenvalue weighted by Crippen LogP contribution is 2.22. The molecule has 1 N–H and O–H groups in total. The second kappa shape index (κ2) is 6.07. The van der Waals surface area contributed by atoms with E-state index in [4.69, 9.17) is 10.00 Å². The second-order valence-corrected chi connectivity index (χ2v) is 4.45. The first-order chi connectivity index (χ1) is 9.63. The van der Waals surface area contributed by atoms with Crippen LogP contribution in [0.3, 0.4) is 0 Å². The molecule has 2 aromatic carbocycles. The Morgan fingerprint density at radius 2 is 2.05 bits per heavy atom. The summed E-state index contributed by atoms with van der Waals surface area (Å²) in [6.45, 7) is 2.36. The number of aryl methyl sites for hydroxylation is 1. The average Bonchev–Trinajstić information content (AvgIpc) is 2.46. The first kappa shape index (κ1) is 13.9. The van der Waals surface area contributed by atoms with E-state index < -0.39 is 0 Å². The van der Waals surface area contributed by atoms with Gasteiger partial charge >= 0.3 is 0 Å². The lowest BCUT2D eigenvalue weighted by molar-refractivity contribution is 0.414. The van der Waals surface area contributed by atoms with Crippen LogP contribution in [0.4, 0.5) is 10.1 Å². The highest BCUT2D eigenvalue weighted by Gasteiger charge is 2.05. The summed E-state index contributed by atoms with van der Waals surface area (Å²) in [6, 6.07) is 11.9. The standard InChI is InChI=1S/C16H15FN2O/c1-11-7-15(20-2)5-6-16(11)19-10-13-8-14(17)4-3-12(13)9-18/h3-8,19H,10H2,1-2H3. The minimum atomic E-state index is -0.341. The fourth-order valence-electron chi connectivity index (χ4n) is 1.97. The maximum Gasteiger partial charge on any atom is 0.123 e. The number of ether oxygens (including phenoxy) is 1. The normalized spacial score (nSPS) is 9.90. The Bertz CT molecular complexity index is 662. The van der Waals surface area contributed by atoms with Crippen LogP contribution in [0.15, 0.2) is 36.4 Å². The molecule has 0 heterocycles. The van der Waals surface area contributed by atoms with Crippen molar-refractivity contribution in [1.82, 2.24) is 0 Å². The third kappa shape index (κ3) is 3.07. The molecule has 0 amide bonds. The quantitative estimate of drug-likeness (QED) is 0.922. The molecule has 0 atom stereocenters. The van der Waals surface area contributed by atoms with Crippen LogP contribution in [-0.2, 0) is 6.54 Å². The average molecular weight is 270 g/mol. The van der Waals surface area contributed by atoms with Gasteiger partial charge in [-0.05, 0) is 54.4 Å². The molecule has 0 aliphatic carbocycles. The highest BCUT2D eigenvalue weighted by molar-refractivity contribution is 5.54. The summed E-state index contributed by atoms with van der Waals surface area (Å²) in [4.78, 5) is 0. The summed E-state index contributed by atoms with van der Waals surface area (Å²) in [7, 11) is 1.62. The predicted molar refractivity (Wildman–Crippen MR) is 76.2 cm³/mol. The van der Waals surface area contributed by atoms with Gasteiger partial charge in [0.05, 0.1) is 18.7 Å². The number of rotatable bonds is 4. The number of methoxy groups -OCH3 is 1. The fraction of sp³-hybridized carbons (Fsp3) is 0.188. The van der Waals surface area contributed by atoms with Gasteiger partial charge in [-0.15, -0.1) is 0 Å². The molecule has 20 heavy (non-hydrogen) atoms. The van der Waals surface area contributed by atoms with Crippen molar-refractivity contribution < 1.29 is 9.13 Å². The third-order valence-electron chi connectivity index (χ3n) is 3.09. The van der Waals surface area contributed by atoms with Crippen LogP contribution in [0.2, 0.25) is 0 Å². The Balaban J connectivity index is 2.17. The fourth-order valence-corrected chi connectivity index (χ4v) is 1.97. The molecule has 0 aromatic heterocycles. The van der Waals surface area contributed by atoms with E-state index in [0.29, 0.717) is 17.7 Å². The second-order valence-electron chi connectivity index (χ2n) is 4.45. The molecule has 102 valence electrons. The monoisotopic (exact) mass is 270 g/mol. The van der Waals surface area contributed by atoms with Gasteiger partial charge in [0.1, 0.15) is 11.6 Å². The number of hydrogen-bond acceptors (Lipinski definition) is 3. The molecule has 0 fully saturated rings. The smallest absolute Gasteiger partial charge is 0.123 e. The van der Waals surface area contributed by atoms with E-state index in [1.165, 1.54) is 18.2 Å². The number of nitriles is 1. The van der Waals surface area contributed by atoms with Gasteiger partial charge in [-0.2, -0.15) is 5.26 Å². The van der Waals surface area contributed by atoms with E-state index >= 15 is 0 Å². The molecule has 0 unspecified atom stereocenters. The Hall–Kier alpha value is -2.54. The Morgan fingerprint density at radius 1 is 1.25 bits per heavy atom. The van der Waals surface area contributed by atoms with Crippen molar-refractivity contribution in [2.45, 2.75) is 13.5 Å². The van der Waals surface area contributed by atoms with Crippen LogP contribution in [0, 0.1) is 24.1 Å². The molecular weight excluding hydrogens is 255 g/mol. The topological polar surface area (TPSA) is 45.0 Å². The van der Waals surface area contributed by atoms with Crippen LogP contribution in [0.1, 0.15) is 16.7 Å². The van der Waals surface area contributed by atoms with Crippen molar-refractivity contribution in [2.75, 3.05) is 12.4 Å². The molecular formula is C16H15FN2O.